The van der Waals surface area contributed by atoms with Crippen LogP contribution in [0.2, 0.25) is 0 Å². The van der Waals surface area contributed by atoms with E-state index < -0.39 is 5.54 Å². The summed E-state index contributed by atoms with van der Waals surface area (Å²) in [6.45, 7) is 4.34. The molecule has 1 heterocycles. The Hall–Kier alpha value is -2.46. The zero-order valence-corrected chi connectivity index (χ0v) is 14.2. The molecule has 1 aliphatic carbocycles. The zero-order chi connectivity index (χ0) is 17.3. The Kier molecular flexibility index (Phi) is 4.24. The third kappa shape index (κ3) is 2.43. The summed E-state index contributed by atoms with van der Waals surface area (Å²) in [4.78, 5) is 26.3. The van der Waals surface area contributed by atoms with Gasteiger partial charge in [0, 0.05) is 19.2 Å². The number of nitrogens with zero attached hydrogens (tertiary/aromatic N) is 1. The predicted molar refractivity (Wildman–Crippen MR) is 93.2 cm³/mol. The fraction of sp³-hybridized carbons (Fsp3) is 0.300. The summed E-state index contributed by atoms with van der Waals surface area (Å²) < 4.78 is 5.73. The molecular formula is C20H21NO3. The first kappa shape index (κ1) is 16.4. The van der Waals surface area contributed by atoms with Crippen LogP contribution in [0.1, 0.15) is 19.4 Å². The van der Waals surface area contributed by atoms with Crippen LogP contribution in [-0.2, 0) is 14.3 Å². The molecule has 124 valence electrons. The molecule has 3 rings (SSSR count). The molecule has 1 spiro atoms. The molecule has 1 aliphatic heterocycles. The quantitative estimate of drug-likeness (QED) is 0.856. The number of carbonyl (C=O) groups excluding carboxylic acids is 2. The average molecular weight is 323 g/mol. The second-order valence-corrected chi connectivity index (χ2v) is 6.01. The Balaban J connectivity index is 2.26. The number of carbonyl (C=O) groups is 2. The lowest BCUT2D eigenvalue weighted by molar-refractivity contribution is -0.127. The normalized spacial score (nSPS) is 20.4. The number of benzene rings is 1. The number of hydrogen-bond donors (Lipinski definition) is 0. The fourth-order valence-corrected chi connectivity index (χ4v) is 3.46. The van der Waals surface area contributed by atoms with Crippen molar-refractivity contribution in [2.75, 3.05) is 13.7 Å². The van der Waals surface area contributed by atoms with Crippen molar-refractivity contribution in [1.82, 2.24) is 4.90 Å². The highest BCUT2D eigenvalue weighted by molar-refractivity contribution is 6.13. The van der Waals surface area contributed by atoms with Gasteiger partial charge in [0.15, 0.2) is 5.78 Å². The molecule has 4 heteroatoms. The lowest BCUT2D eigenvalue weighted by atomic mass is 9.80. The molecule has 0 aromatic heterocycles. The zero-order valence-electron chi connectivity index (χ0n) is 14.2. The van der Waals surface area contributed by atoms with Crippen molar-refractivity contribution in [3.8, 4) is 0 Å². The van der Waals surface area contributed by atoms with E-state index in [0.29, 0.717) is 12.2 Å². The summed E-state index contributed by atoms with van der Waals surface area (Å²) in [6, 6.07) is 9.81. The Morgan fingerprint density at radius 2 is 1.75 bits per heavy atom. The van der Waals surface area contributed by atoms with E-state index >= 15 is 0 Å². The number of ketones is 1. The molecule has 4 nitrogen and oxygen atoms in total. The van der Waals surface area contributed by atoms with Crippen LogP contribution in [0, 0.1) is 0 Å². The number of hydrogen-bond acceptors (Lipinski definition) is 3. The molecular weight excluding hydrogens is 302 g/mol. The summed E-state index contributed by atoms with van der Waals surface area (Å²) in [6.07, 6.45) is 6.35. The van der Waals surface area contributed by atoms with Crippen molar-refractivity contribution in [2.24, 2.45) is 0 Å². The second kappa shape index (κ2) is 6.21. The van der Waals surface area contributed by atoms with E-state index in [1.807, 2.05) is 44.2 Å². The summed E-state index contributed by atoms with van der Waals surface area (Å²) in [5.74, 6) is -0.140. The van der Waals surface area contributed by atoms with E-state index in [2.05, 4.69) is 0 Å². The van der Waals surface area contributed by atoms with Gasteiger partial charge in [-0.3, -0.25) is 9.59 Å². The molecule has 0 N–H and O–H groups in total. The molecule has 24 heavy (non-hydrogen) atoms. The minimum absolute atomic E-state index is 0.0693. The van der Waals surface area contributed by atoms with Crippen LogP contribution < -0.4 is 0 Å². The van der Waals surface area contributed by atoms with Crippen LogP contribution >= 0.6 is 0 Å². The van der Waals surface area contributed by atoms with Gasteiger partial charge in [0.25, 0.3) is 5.91 Å². The first-order chi connectivity index (χ1) is 11.5. The topological polar surface area (TPSA) is 46.6 Å². The van der Waals surface area contributed by atoms with Crippen LogP contribution in [0.25, 0.3) is 5.57 Å². The second-order valence-electron chi connectivity index (χ2n) is 6.01. The summed E-state index contributed by atoms with van der Waals surface area (Å²) in [5, 5.41) is 0. The van der Waals surface area contributed by atoms with Gasteiger partial charge in [-0.05, 0) is 43.7 Å². The van der Waals surface area contributed by atoms with Crippen molar-refractivity contribution < 1.29 is 14.3 Å². The van der Waals surface area contributed by atoms with E-state index in [-0.39, 0.29) is 17.8 Å². The molecule has 2 aliphatic rings. The SMILES string of the molecule is CCOC(C)C1=C(c2ccccc2)C2(C=CC(=O)C=C2)N(C)C1=O. The van der Waals surface area contributed by atoms with E-state index in [1.165, 1.54) is 12.2 Å². The van der Waals surface area contributed by atoms with Crippen LogP contribution in [0.15, 0.2) is 60.2 Å². The van der Waals surface area contributed by atoms with Gasteiger partial charge >= 0.3 is 0 Å². The Morgan fingerprint density at radius 3 is 2.33 bits per heavy atom. The van der Waals surface area contributed by atoms with E-state index in [4.69, 9.17) is 4.74 Å². The van der Waals surface area contributed by atoms with Crippen LogP contribution in [0.4, 0.5) is 0 Å². The fourth-order valence-electron chi connectivity index (χ4n) is 3.46. The summed E-state index contributed by atoms with van der Waals surface area (Å²) >= 11 is 0. The highest BCUT2D eigenvalue weighted by Gasteiger charge is 2.49. The number of allylic oxidation sites excluding steroid dienone is 2. The van der Waals surface area contributed by atoms with Crippen LogP contribution in [0.3, 0.4) is 0 Å². The largest absolute Gasteiger partial charge is 0.374 e. The highest BCUT2D eigenvalue weighted by Crippen LogP contribution is 2.45. The van der Waals surface area contributed by atoms with Crippen LogP contribution in [-0.4, -0.2) is 41.9 Å². The molecule has 1 atom stereocenters. The van der Waals surface area contributed by atoms with Gasteiger partial charge in [-0.25, -0.2) is 0 Å². The molecule has 0 radical (unpaired) electrons. The third-order valence-electron chi connectivity index (χ3n) is 4.65. The van der Waals surface area contributed by atoms with Crippen molar-refractivity contribution in [1.29, 1.82) is 0 Å². The monoisotopic (exact) mass is 323 g/mol. The molecule has 0 saturated carbocycles. The first-order valence-electron chi connectivity index (χ1n) is 8.13. The number of ether oxygens (including phenoxy) is 1. The Labute approximate surface area is 142 Å². The smallest absolute Gasteiger partial charge is 0.253 e. The lowest BCUT2D eigenvalue weighted by Crippen LogP contribution is -2.43. The first-order valence-corrected chi connectivity index (χ1v) is 8.13. The minimum atomic E-state index is -0.743. The molecule has 1 aromatic carbocycles. The average Bonchev–Trinajstić information content (AvgIpc) is 2.80. The summed E-state index contributed by atoms with van der Waals surface area (Å²) in [7, 11) is 1.77. The maximum absolute atomic E-state index is 13.0. The molecule has 0 bridgehead atoms. The third-order valence-corrected chi connectivity index (χ3v) is 4.65. The van der Waals surface area contributed by atoms with E-state index in [1.54, 1.807) is 24.1 Å². The van der Waals surface area contributed by atoms with Gasteiger partial charge in [-0.15, -0.1) is 0 Å². The molecule has 1 amide bonds. The van der Waals surface area contributed by atoms with Gasteiger partial charge in [0.1, 0.15) is 5.54 Å². The van der Waals surface area contributed by atoms with Crippen LogP contribution in [0.5, 0.6) is 0 Å². The maximum atomic E-state index is 13.0. The minimum Gasteiger partial charge on any atom is -0.374 e. The Bertz CT molecular complexity index is 742. The molecule has 1 aromatic rings. The maximum Gasteiger partial charge on any atom is 0.253 e. The van der Waals surface area contributed by atoms with Crippen molar-refractivity contribution >= 4 is 17.3 Å². The molecule has 0 saturated heterocycles. The number of rotatable bonds is 4. The predicted octanol–water partition coefficient (Wildman–Crippen LogP) is 2.77. The molecule has 0 fully saturated rings. The molecule has 1 unspecified atom stereocenters. The Morgan fingerprint density at radius 1 is 1.12 bits per heavy atom. The van der Waals surface area contributed by atoms with Gasteiger partial charge in [-0.1, -0.05) is 30.3 Å². The van der Waals surface area contributed by atoms with E-state index in [0.717, 1.165) is 11.1 Å². The number of likely N-dealkylation sites (N-methyl/N-ethyl adjacent to an activating group) is 1. The van der Waals surface area contributed by atoms with Gasteiger partial charge in [-0.2, -0.15) is 0 Å². The highest BCUT2D eigenvalue weighted by atomic mass is 16.5. The van der Waals surface area contributed by atoms with Gasteiger partial charge in [0.05, 0.1) is 11.7 Å². The van der Waals surface area contributed by atoms with Crippen molar-refractivity contribution in [3.63, 3.8) is 0 Å². The summed E-state index contributed by atoms with van der Waals surface area (Å²) in [5.41, 5.74) is 1.75. The van der Waals surface area contributed by atoms with E-state index in [9.17, 15) is 9.59 Å². The van der Waals surface area contributed by atoms with Gasteiger partial charge < -0.3 is 9.64 Å². The van der Waals surface area contributed by atoms with Crippen molar-refractivity contribution in [2.45, 2.75) is 25.5 Å². The van der Waals surface area contributed by atoms with Crippen molar-refractivity contribution in [3.05, 3.63) is 65.8 Å². The number of amides is 1. The van der Waals surface area contributed by atoms with Gasteiger partial charge in [0.2, 0.25) is 0 Å². The lowest BCUT2D eigenvalue weighted by Gasteiger charge is -2.35. The standard InChI is InChI=1S/C20H21NO3/c1-4-24-14(2)17-18(15-8-6-5-7-9-15)20(21(3)19(17)23)12-10-16(22)11-13-20/h5-14H,4H2,1-3H3.